The molecule has 2 amide bonds. The van der Waals surface area contributed by atoms with Gasteiger partial charge in [-0.2, -0.15) is 5.10 Å². The van der Waals surface area contributed by atoms with Crippen molar-refractivity contribution in [2.75, 3.05) is 25.6 Å². The van der Waals surface area contributed by atoms with Crippen molar-refractivity contribution in [2.45, 2.75) is 19.5 Å². The van der Waals surface area contributed by atoms with Crippen LogP contribution < -0.4 is 15.4 Å². The van der Waals surface area contributed by atoms with E-state index in [2.05, 4.69) is 15.7 Å². The van der Waals surface area contributed by atoms with Gasteiger partial charge in [-0.05, 0) is 25.1 Å². The average molecular weight is 318 g/mol. The minimum absolute atomic E-state index is 0.0616. The first-order chi connectivity index (χ1) is 11.2. The zero-order valence-corrected chi connectivity index (χ0v) is 13.4. The van der Waals surface area contributed by atoms with Crippen LogP contribution in [0.25, 0.3) is 0 Å². The quantitative estimate of drug-likeness (QED) is 0.781. The highest BCUT2D eigenvalue weighted by atomic mass is 16.5. The summed E-state index contributed by atoms with van der Waals surface area (Å²) in [7, 11) is 1.60. The first kappa shape index (κ1) is 16.8. The molecule has 23 heavy (non-hydrogen) atoms. The van der Waals surface area contributed by atoms with E-state index in [-0.39, 0.29) is 12.1 Å². The molecule has 0 fully saturated rings. The number of aromatic nitrogens is 2. The van der Waals surface area contributed by atoms with E-state index in [9.17, 15) is 4.79 Å². The van der Waals surface area contributed by atoms with E-state index < -0.39 is 0 Å². The van der Waals surface area contributed by atoms with Crippen molar-refractivity contribution < 1.29 is 14.3 Å². The molecule has 0 aliphatic rings. The Hall–Kier alpha value is -2.54. The third kappa shape index (κ3) is 5.99. The zero-order valence-electron chi connectivity index (χ0n) is 13.4. The second-order valence-electron chi connectivity index (χ2n) is 5.10. The standard InChI is InChI=1S/C16H22N4O3/c1-13(12-22-2)18-16(21)19-14-5-3-6-15(11-14)23-10-9-20-8-4-7-17-20/h3-8,11,13H,9-10,12H2,1-2H3,(H2,18,19,21)/t13-/m1/s1. The highest BCUT2D eigenvalue weighted by Crippen LogP contribution is 2.17. The minimum Gasteiger partial charge on any atom is -0.492 e. The lowest BCUT2D eigenvalue weighted by atomic mass is 10.3. The maximum atomic E-state index is 11.8. The van der Waals surface area contributed by atoms with Crippen molar-refractivity contribution in [1.29, 1.82) is 0 Å². The van der Waals surface area contributed by atoms with E-state index in [0.717, 1.165) is 0 Å². The molecule has 7 heteroatoms. The van der Waals surface area contributed by atoms with Crippen molar-refractivity contribution in [2.24, 2.45) is 0 Å². The maximum absolute atomic E-state index is 11.8. The first-order valence-corrected chi connectivity index (χ1v) is 7.44. The summed E-state index contributed by atoms with van der Waals surface area (Å²) in [5, 5.41) is 9.66. The Balaban J connectivity index is 1.80. The normalized spacial score (nSPS) is 11.7. The summed E-state index contributed by atoms with van der Waals surface area (Å²) in [6.07, 6.45) is 3.61. The Morgan fingerprint density at radius 1 is 1.39 bits per heavy atom. The molecule has 1 heterocycles. The van der Waals surface area contributed by atoms with Crippen LogP contribution in [-0.2, 0) is 11.3 Å². The van der Waals surface area contributed by atoms with Gasteiger partial charge >= 0.3 is 6.03 Å². The molecule has 2 aromatic rings. The first-order valence-electron chi connectivity index (χ1n) is 7.44. The Kier molecular flexibility index (Phi) is 6.43. The van der Waals surface area contributed by atoms with Gasteiger partial charge in [-0.25, -0.2) is 4.79 Å². The number of methoxy groups -OCH3 is 1. The summed E-state index contributed by atoms with van der Waals surface area (Å²) in [6.45, 7) is 3.50. The van der Waals surface area contributed by atoms with Crippen LogP contribution in [-0.4, -0.2) is 42.2 Å². The number of rotatable bonds is 8. The fourth-order valence-corrected chi connectivity index (χ4v) is 2.04. The second-order valence-corrected chi connectivity index (χ2v) is 5.10. The molecular weight excluding hydrogens is 296 g/mol. The lowest BCUT2D eigenvalue weighted by molar-refractivity contribution is 0.173. The van der Waals surface area contributed by atoms with Crippen LogP contribution in [0.3, 0.4) is 0 Å². The molecule has 0 aliphatic heterocycles. The Morgan fingerprint density at radius 2 is 2.26 bits per heavy atom. The fraction of sp³-hybridized carbons (Fsp3) is 0.375. The molecule has 1 aromatic heterocycles. The lowest BCUT2D eigenvalue weighted by Gasteiger charge is -2.14. The highest BCUT2D eigenvalue weighted by molar-refractivity contribution is 5.89. The smallest absolute Gasteiger partial charge is 0.319 e. The maximum Gasteiger partial charge on any atom is 0.319 e. The molecule has 2 rings (SSSR count). The number of carbonyl (C=O) groups is 1. The molecule has 0 bridgehead atoms. The van der Waals surface area contributed by atoms with Crippen LogP contribution in [0.2, 0.25) is 0 Å². The van der Waals surface area contributed by atoms with Gasteiger partial charge in [-0.3, -0.25) is 4.68 Å². The molecule has 124 valence electrons. The van der Waals surface area contributed by atoms with Crippen molar-refractivity contribution in [3.63, 3.8) is 0 Å². The molecular formula is C16H22N4O3. The van der Waals surface area contributed by atoms with Crippen LogP contribution in [0, 0.1) is 0 Å². The monoisotopic (exact) mass is 318 g/mol. The molecule has 2 N–H and O–H groups in total. The lowest BCUT2D eigenvalue weighted by Crippen LogP contribution is -2.38. The number of urea groups is 1. The molecule has 7 nitrogen and oxygen atoms in total. The fourth-order valence-electron chi connectivity index (χ4n) is 2.04. The van der Waals surface area contributed by atoms with Crippen molar-refractivity contribution in [3.8, 4) is 5.75 Å². The number of carbonyl (C=O) groups excluding carboxylic acids is 1. The summed E-state index contributed by atoms with van der Waals surface area (Å²) in [4.78, 5) is 11.8. The van der Waals surface area contributed by atoms with Gasteiger partial charge in [0.2, 0.25) is 0 Å². The number of amides is 2. The SMILES string of the molecule is COC[C@@H](C)NC(=O)Nc1cccc(OCCn2cccn2)c1. The Morgan fingerprint density at radius 3 is 3.00 bits per heavy atom. The minimum atomic E-state index is -0.275. The van der Waals surface area contributed by atoms with Crippen molar-refractivity contribution in [1.82, 2.24) is 15.1 Å². The molecule has 0 aliphatic carbocycles. The van der Waals surface area contributed by atoms with Gasteiger partial charge in [0, 0.05) is 31.3 Å². The van der Waals surface area contributed by atoms with E-state index in [1.807, 2.05) is 31.3 Å². The van der Waals surface area contributed by atoms with Crippen molar-refractivity contribution >= 4 is 11.7 Å². The van der Waals surface area contributed by atoms with E-state index in [0.29, 0.717) is 31.2 Å². The van der Waals surface area contributed by atoms with Gasteiger partial charge < -0.3 is 20.1 Å². The third-order valence-electron chi connectivity index (χ3n) is 3.03. The number of benzene rings is 1. The van der Waals surface area contributed by atoms with Crippen LogP contribution in [0.1, 0.15) is 6.92 Å². The summed E-state index contributed by atoms with van der Waals surface area (Å²) in [5.74, 6) is 0.694. The number of ether oxygens (including phenoxy) is 2. The van der Waals surface area contributed by atoms with Gasteiger partial charge in [-0.15, -0.1) is 0 Å². The largest absolute Gasteiger partial charge is 0.492 e. The van der Waals surface area contributed by atoms with Gasteiger partial charge in [0.15, 0.2) is 0 Å². The summed E-state index contributed by atoms with van der Waals surface area (Å²) >= 11 is 0. The van der Waals surface area contributed by atoms with Crippen LogP contribution in [0.15, 0.2) is 42.7 Å². The van der Waals surface area contributed by atoms with E-state index in [1.165, 1.54) is 0 Å². The molecule has 0 saturated carbocycles. The molecule has 0 spiro atoms. The topological polar surface area (TPSA) is 77.4 Å². The van der Waals surface area contributed by atoms with E-state index >= 15 is 0 Å². The van der Waals surface area contributed by atoms with Gasteiger partial charge in [0.25, 0.3) is 0 Å². The summed E-state index contributed by atoms with van der Waals surface area (Å²) in [5.41, 5.74) is 0.670. The van der Waals surface area contributed by atoms with Crippen LogP contribution in [0.5, 0.6) is 5.75 Å². The number of hydrogen-bond acceptors (Lipinski definition) is 4. The molecule has 0 radical (unpaired) electrons. The van der Waals surface area contributed by atoms with E-state index in [1.54, 1.807) is 30.1 Å². The highest BCUT2D eigenvalue weighted by Gasteiger charge is 2.07. The molecule has 0 unspecified atom stereocenters. The van der Waals surface area contributed by atoms with Gasteiger partial charge in [-0.1, -0.05) is 6.07 Å². The van der Waals surface area contributed by atoms with E-state index in [4.69, 9.17) is 9.47 Å². The molecule has 0 saturated heterocycles. The third-order valence-corrected chi connectivity index (χ3v) is 3.03. The van der Waals surface area contributed by atoms with Crippen molar-refractivity contribution in [3.05, 3.63) is 42.7 Å². The average Bonchev–Trinajstić information content (AvgIpc) is 3.01. The van der Waals surface area contributed by atoms with Crippen LogP contribution in [0.4, 0.5) is 10.5 Å². The molecule has 1 atom stereocenters. The summed E-state index contributed by atoms with van der Waals surface area (Å²) < 4.78 is 12.4. The predicted molar refractivity (Wildman–Crippen MR) is 87.7 cm³/mol. The number of anilines is 1. The Bertz CT molecular complexity index is 601. The number of hydrogen-bond donors (Lipinski definition) is 2. The predicted octanol–water partition coefficient (Wildman–Crippen LogP) is 2.12. The second kappa shape index (κ2) is 8.79. The van der Waals surface area contributed by atoms with Gasteiger partial charge in [0.1, 0.15) is 12.4 Å². The van der Waals surface area contributed by atoms with Crippen LogP contribution >= 0.6 is 0 Å². The zero-order chi connectivity index (χ0) is 16.5. The summed E-state index contributed by atoms with van der Waals surface area (Å²) in [6, 6.07) is 8.80. The molecule has 1 aromatic carbocycles. The number of nitrogens with one attached hydrogen (secondary N) is 2. The number of nitrogens with zero attached hydrogens (tertiary/aromatic N) is 2. The Labute approximate surface area is 135 Å². The van der Waals surface area contributed by atoms with Gasteiger partial charge in [0.05, 0.1) is 19.2 Å².